The number of aryl methyl sites for hydroxylation is 1. The summed E-state index contributed by atoms with van der Waals surface area (Å²) in [5.74, 6) is 1.39. The summed E-state index contributed by atoms with van der Waals surface area (Å²) in [5.41, 5.74) is 10.8. The third kappa shape index (κ3) is 3.67. The fourth-order valence-electron chi connectivity index (χ4n) is 3.89. The SMILES string of the molecule is CNCC(CC1CCCc2cc(O)ccc21)c1cccc(N)c1. The zero-order chi connectivity index (χ0) is 16.2. The van der Waals surface area contributed by atoms with Crippen molar-refractivity contribution in [2.45, 2.75) is 37.5 Å². The zero-order valence-corrected chi connectivity index (χ0v) is 13.8. The van der Waals surface area contributed by atoms with Crippen molar-refractivity contribution in [1.82, 2.24) is 5.32 Å². The van der Waals surface area contributed by atoms with Gasteiger partial charge in [-0.2, -0.15) is 0 Å². The molecule has 0 radical (unpaired) electrons. The Hall–Kier alpha value is -2.00. The molecule has 3 heteroatoms. The van der Waals surface area contributed by atoms with E-state index in [1.807, 2.05) is 31.3 Å². The van der Waals surface area contributed by atoms with E-state index in [-0.39, 0.29) is 0 Å². The van der Waals surface area contributed by atoms with E-state index in [9.17, 15) is 5.11 Å². The van der Waals surface area contributed by atoms with Crippen LogP contribution in [0.2, 0.25) is 0 Å². The van der Waals surface area contributed by atoms with Crippen LogP contribution in [0.25, 0.3) is 0 Å². The largest absolute Gasteiger partial charge is 0.508 e. The molecule has 0 aromatic heterocycles. The summed E-state index contributed by atoms with van der Waals surface area (Å²) in [7, 11) is 2.01. The van der Waals surface area contributed by atoms with Crippen LogP contribution in [0.3, 0.4) is 0 Å². The Labute approximate surface area is 138 Å². The van der Waals surface area contributed by atoms with Gasteiger partial charge in [0.15, 0.2) is 0 Å². The molecule has 2 unspecified atom stereocenters. The minimum Gasteiger partial charge on any atom is -0.508 e. The van der Waals surface area contributed by atoms with Gasteiger partial charge in [0.25, 0.3) is 0 Å². The first kappa shape index (κ1) is 15.9. The summed E-state index contributed by atoms with van der Waals surface area (Å²) in [6, 6.07) is 14.1. The summed E-state index contributed by atoms with van der Waals surface area (Å²) < 4.78 is 0. The van der Waals surface area contributed by atoms with Crippen LogP contribution in [0, 0.1) is 0 Å². The van der Waals surface area contributed by atoms with Gasteiger partial charge in [0.2, 0.25) is 0 Å². The van der Waals surface area contributed by atoms with E-state index in [1.54, 1.807) is 0 Å². The van der Waals surface area contributed by atoms with E-state index in [0.717, 1.165) is 25.1 Å². The first-order valence-electron chi connectivity index (χ1n) is 8.49. The number of phenolic OH excluding ortho intramolecular Hbond substituents is 1. The predicted molar refractivity (Wildman–Crippen MR) is 95.9 cm³/mol. The van der Waals surface area contributed by atoms with Crippen LogP contribution in [0.5, 0.6) is 5.75 Å². The van der Waals surface area contributed by atoms with Gasteiger partial charge in [-0.15, -0.1) is 0 Å². The van der Waals surface area contributed by atoms with Gasteiger partial charge in [-0.3, -0.25) is 0 Å². The molecule has 122 valence electrons. The molecule has 2 aromatic carbocycles. The van der Waals surface area contributed by atoms with Crippen molar-refractivity contribution in [2.24, 2.45) is 0 Å². The Morgan fingerprint density at radius 3 is 2.91 bits per heavy atom. The lowest BCUT2D eigenvalue weighted by molar-refractivity contribution is 0.452. The number of hydrogen-bond acceptors (Lipinski definition) is 3. The van der Waals surface area contributed by atoms with Crippen molar-refractivity contribution in [3.63, 3.8) is 0 Å². The van der Waals surface area contributed by atoms with Gasteiger partial charge >= 0.3 is 0 Å². The molecular weight excluding hydrogens is 284 g/mol. The van der Waals surface area contributed by atoms with Gasteiger partial charge in [0.1, 0.15) is 5.75 Å². The molecule has 0 saturated heterocycles. The third-order valence-electron chi connectivity index (χ3n) is 4.97. The predicted octanol–water partition coefficient (Wildman–Crippen LogP) is 3.79. The van der Waals surface area contributed by atoms with Crippen molar-refractivity contribution in [3.8, 4) is 5.75 Å². The summed E-state index contributed by atoms with van der Waals surface area (Å²) >= 11 is 0. The quantitative estimate of drug-likeness (QED) is 0.736. The van der Waals surface area contributed by atoms with Crippen molar-refractivity contribution in [2.75, 3.05) is 19.3 Å². The standard InChI is InChI=1S/C20H26N2O/c1-22-13-17(14-4-3-7-18(21)11-14)10-15-5-2-6-16-12-19(23)8-9-20(15)16/h3-4,7-9,11-12,15,17,22-23H,2,5-6,10,13,21H2,1H3. The van der Waals surface area contributed by atoms with E-state index in [0.29, 0.717) is 17.6 Å². The lowest BCUT2D eigenvalue weighted by Crippen LogP contribution is -2.21. The van der Waals surface area contributed by atoms with Gasteiger partial charge < -0.3 is 16.2 Å². The fourth-order valence-corrected chi connectivity index (χ4v) is 3.89. The number of rotatable bonds is 5. The highest BCUT2D eigenvalue weighted by Gasteiger charge is 2.24. The van der Waals surface area contributed by atoms with E-state index in [1.165, 1.54) is 29.5 Å². The molecule has 3 nitrogen and oxygen atoms in total. The highest BCUT2D eigenvalue weighted by atomic mass is 16.3. The molecule has 0 spiro atoms. The van der Waals surface area contributed by atoms with Crippen LogP contribution in [0.15, 0.2) is 42.5 Å². The van der Waals surface area contributed by atoms with E-state index in [4.69, 9.17) is 5.73 Å². The molecule has 0 fully saturated rings. The molecule has 1 aliphatic carbocycles. The second kappa shape index (κ2) is 7.05. The number of nitrogen functional groups attached to an aromatic ring is 1. The number of aromatic hydroxyl groups is 1. The molecule has 3 rings (SSSR count). The van der Waals surface area contributed by atoms with Gasteiger partial charge in [0, 0.05) is 12.2 Å². The molecule has 0 aliphatic heterocycles. The Morgan fingerprint density at radius 2 is 2.13 bits per heavy atom. The first-order valence-corrected chi connectivity index (χ1v) is 8.49. The number of anilines is 1. The normalized spacial score (nSPS) is 18.4. The number of fused-ring (bicyclic) bond motifs is 1. The Kier molecular flexibility index (Phi) is 4.87. The lowest BCUT2D eigenvalue weighted by atomic mass is 9.76. The van der Waals surface area contributed by atoms with Gasteiger partial charge in [-0.25, -0.2) is 0 Å². The Bertz CT molecular complexity index is 668. The fraction of sp³-hybridized carbons (Fsp3) is 0.400. The third-order valence-corrected chi connectivity index (χ3v) is 4.97. The minimum atomic E-state index is 0.381. The van der Waals surface area contributed by atoms with Gasteiger partial charge in [0.05, 0.1) is 0 Å². The van der Waals surface area contributed by atoms with Crippen LogP contribution in [-0.4, -0.2) is 18.7 Å². The monoisotopic (exact) mass is 310 g/mol. The van der Waals surface area contributed by atoms with Crippen LogP contribution in [0.1, 0.15) is 47.8 Å². The average Bonchev–Trinajstić information content (AvgIpc) is 2.54. The highest BCUT2D eigenvalue weighted by molar-refractivity contribution is 5.43. The molecule has 0 amide bonds. The lowest BCUT2D eigenvalue weighted by Gasteiger charge is -2.29. The molecule has 1 aliphatic rings. The Balaban J connectivity index is 1.84. The average molecular weight is 310 g/mol. The minimum absolute atomic E-state index is 0.381. The van der Waals surface area contributed by atoms with Crippen molar-refractivity contribution >= 4 is 5.69 Å². The summed E-state index contributed by atoms with van der Waals surface area (Å²) in [6.07, 6.45) is 4.61. The Morgan fingerprint density at radius 1 is 1.26 bits per heavy atom. The molecule has 2 atom stereocenters. The van der Waals surface area contributed by atoms with E-state index in [2.05, 4.69) is 23.5 Å². The molecule has 4 N–H and O–H groups in total. The highest BCUT2D eigenvalue weighted by Crippen LogP contribution is 2.39. The van der Waals surface area contributed by atoms with Crippen LogP contribution < -0.4 is 11.1 Å². The maximum atomic E-state index is 9.73. The number of nitrogens with one attached hydrogen (secondary N) is 1. The number of hydrogen-bond donors (Lipinski definition) is 3. The summed E-state index contributed by atoms with van der Waals surface area (Å²) in [6.45, 7) is 0.952. The number of likely N-dealkylation sites (N-methyl/N-ethyl adjacent to an activating group) is 1. The van der Waals surface area contributed by atoms with Crippen LogP contribution in [0.4, 0.5) is 5.69 Å². The second-order valence-electron chi connectivity index (χ2n) is 6.63. The number of benzene rings is 2. The number of nitrogens with two attached hydrogens (primary N) is 1. The molecular formula is C20H26N2O. The maximum Gasteiger partial charge on any atom is 0.115 e. The zero-order valence-electron chi connectivity index (χ0n) is 13.8. The second-order valence-corrected chi connectivity index (χ2v) is 6.63. The first-order chi connectivity index (χ1) is 11.2. The summed E-state index contributed by atoms with van der Waals surface area (Å²) in [4.78, 5) is 0. The van der Waals surface area contributed by atoms with Crippen molar-refractivity contribution in [3.05, 3.63) is 59.2 Å². The molecule has 2 aromatic rings. The smallest absolute Gasteiger partial charge is 0.115 e. The topological polar surface area (TPSA) is 58.3 Å². The van der Waals surface area contributed by atoms with Crippen molar-refractivity contribution in [1.29, 1.82) is 0 Å². The number of phenols is 1. The van der Waals surface area contributed by atoms with Crippen LogP contribution >= 0.6 is 0 Å². The maximum absolute atomic E-state index is 9.73. The molecule has 0 saturated carbocycles. The van der Waals surface area contributed by atoms with Crippen molar-refractivity contribution < 1.29 is 5.11 Å². The molecule has 23 heavy (non-hydrogen) atoms. The summed E-state index contributed by atoms with van der Waals surface area (Å²) in [5, 5.41) is 13.1. The molecule has 0 bridgehead atoms. The van der Waals surface area contributed by atoms with Gasteiger partial charge in [-0.05, 0) is 85.5 Å². The van der Waals surface area contributed by atoms with E-state index >= 15 is 0 Å². The van der Waals surface area contributed by atoms with Gasteiger partial charge in [-0.1, -0.05) is 18.2 Å². The van der Waals surface area contributed by atoms with Crippen LogP contribution in [-0.2, 0) is 6.42 Å². The van der Waals surface area contributed by atoms with E-state index < -0.39 is 0 Å². The molecule has 0 heterocycles.